The number of aromatic nitrogens is 2. The highest BCUT2D eigenvalue weighted by atomic mass is 19.4. The van der Waals surface area contributed by atoms with Crippen molar-refractivity contribution in [2.24, 2.45) is 0 Å². The molecule has 0 radical (unpaired) electrons. The van der Waals surface area contributed by atoms with Gasteiger partial charge in [0.1, 0.15) is 30.4 Å². The van der Waals surface area contributed by atoms with Gasteiger partial charge in [0.05, 0.1) is 16.8 Å². The second kappa shape index (κ2) is 10.7. The lowest BCUT2D eigenvalue weighted by Crippen LogP contribution is -2.55. The number of halogens is 5. The van der Waals surface area contributed by atoms with Gasteiger partial charge >= 0.3 is 6.18 Å². The molecule has 1 saturated heterocycles. The van der Waals surface area contributed by atoms with E-state index in [9.17, 15) is 22.8 Å². The van der Waals surface area contributed by atoms with Gasteiger partial charge in [-0.2, -0.15) is 13.2 Å². The first-order chi connectivity index (χ1) is 19.3. The molecule has 3 aromatic rings. The smallest absolute Gasteiger partial charge is 0.416 e. The summed E-state index contributed by atoms with van der Waals surface area (Å²) in [6, 6.07) is 3.09. The number of amides is 1. The van der Waals surface area contributed by atoms with Gasteiger partial charge in [-0.05, 0) is 33.0 Å². The van der Waals surface area contributed by atoms with E-state index in [0.717, 1.165) is 6.07 Å². The molecule has 2 aliphatic heterocycles. The second-order valence-corrected chi connectivity index (χ2v) is 10.0. The maximum absolute atomic E-state index is 16.3. The lowest BCUT2D eigenvalue weighted by Gasteiger charge is -2.44. The lowest BCUT2D eigenvalue weighted by molar-refractivity contribution is -0.137. The summed E-state index contributed by atoms with van der Waals surface area (Å²) < 4.78 is 82.7. The van der Waals surface area contributed by atoms with Crippen LogP contribution in [0.25, 0.3) is 11.1 Å². The number of carbonyl (C=O) groups is 1. The molecule has 41 heavy (non-hydrogen) atoms. The first-order valence-electron chi connectivity index (χ1n) is 12.7. The van der Waals surface area contributed by atoms with Crippen molar-refractivity contribution in [3.63, 3.8) is 0 Å². The summed E-state index contributed by atoms with van der Waals surface area (Å²) >= 11 is 0. The Morgan fingerprint density at radius 2 is 1.76 bits per heavy atom. The number of rotatable bonds is 4. The average Bonchev–Trinajstić information content (AvgIpc) is 2.92. The number of piperazine rings is 1. The molecule has 1 fully saturated rings. The van der Waals surface area contributed by atoms with E-state index in [2.05, 4.69) is 15.2 Å². The monoisotopic (exact) mass is 579 g/mol. The van der Waals surface area contributed by atoms with E-state index in [4.69, 9.17) is 9.47 Å². The number of carbonyl (C=O) groups excluding carboxylic acids is 1. The molecule has 9 nitrogen and oxygen atoms in total. The Kier molecular flexibility index (Phi) is 7.36. The molecular formula is C27H26F5N5O4. The van der Waals surface area contributed by atoms with Crippen LogP contribution in [-0.2, 0) is 6.18 Å². The van der Waals surface area contributed by atoms with Gasteiger partial charge in [0.25, 0.3) is 11.8 Å². The molecule has 0 unspecified atom stereocenters. The van der Waals surface area contributed by atoms with Crippen molar-refractivity contribution < 1.29 is 36.2 Å². The minimum atomic E-state index is -4.90. The quantitative estimate of drug-likeness (QED) is 0.445. The summed E-state index contributed by atoms with van der Waals surface area (Å²) in [5, 5.41) is 2.29. The zero-order valence-electron chi connectivity index (χ0n) is 22.2. The van der Waals surface area contributed by atoms with Gasteiger partial charge in [0.2, 0.25) is 5.56 Å². The van der Waals surface area contributed by atoms with Crippen LogP contribution in [0.2, 0.25) is 0 Å². The van der Waals surface area contributed by atoms with Gasteiger partial charge in [-0.1, -0.05) is 0 Å². The molecule has 0 saturated carbocycles. The fourth-order valence-corrected chi connectivity index (χ4v) is 4.92. The standard InChI is InChI=1S/C27H26F5N5O4/c1-13-11-37(12-14(2)36(13)3)19-9-17(28)22(15-6-20-26(33-10-15)41-5-4-40-20)23(29)24(19)35-25(39)18-7-16(27(30,31)32)8-21(38)34-18/h6-10,13-14H,4-5,11-12H2,1-3H3,(H,34,38)(H,35,39)/t13-,14+. The largest absolute Gasteiger partial charge is 0.484 e. The summed E-state index contributed by atoms with van der Waals surface area (Å²) in [6.45, 7) is 5.00. The number of likely N-dealkylation sites (N-methyl/N-ethyl adjacent to an activating group) is 1. The number of fused-ring (bicyclic) bond motifs is 1. The van der Waals surface area contributed by atoms with E-state index in [1.54, 1.807) is 4.90 Å². The molecule has 2 aromatic heterocycles. The number of nitrogens with zero attached hydrogens (tertiary/aromatic N) is 3. The van der Waals surface area contributed by atoms with Crippen molar-refractivity contribution in [3.8, 4) is 22.8 Å². The van der Waals surface area contributed by atoms with Crippen molar-refractivity contribution in [1.82, 2.24) is 14.9 Å². The first-order valence-corrected chi connectivity index (χ1v) is 12.7. The summed E-state index contributed by atoms with van der Waals surface area (Å²) in [7, 11) is 1.92. The third-order valence-electron chi connectivity index (χ3n) is 7.24. The molecule has 218 valence electrons. The summed E-state index contributed by atoms with van der Waals surface area (Å²) in [5.41, 5.74) is -4.31. The van der Waals surface area contributed by atoms with Gasteiger partial charge in [0.15, 0.2) is 11.6 Å². The van der Waals surface area contributed by atoms with Crippen LogP contribution >= 0.6 is 0 Å². The molecule has 2 N–H and O–H groups in total. The highest BCUT2D eigenvalue weighted by Crippen LogP contribution is 2.41. The fourth-order valence-electron chi connectivity index (χ4n) is 4.92. The molecule has 0 bridgehead atoms. The number of anilines is 2. The summed E-state index contributed by atoms with van der Waals surface area (Å²) in [4.78, 5) is 34.9. The van der Waals surface area contributed by atoms with Gasteiger partial charge in [-0.25, -0.2) is 13.8 Å². The van der Waals surface area contributed by atoms with Crippen LogP contribution in [-0.4, -0.2) is 66.2 Å². The number of H-pyrrole nitrogens is 1. The van der Waals surface area contributed by atoms with Crippen molar-refractivity contribution in [2.45, 2.75) is 32.1 Å². The Labute approximate surface area is 230 Å². The molecule has 0 aliphatic carbocycles. The van der Waals surface area contributed by atoms with Crippen LogP contribution in [0.5, 0.6) is 11.6 Å². The Balaban J connectivity index is 1.62. The third-order valence-corrected chi connectivity index (χ3v) is 7.24. The highest BCUT2D eigenvalue weighted by Gasteiger charge is 2.34. The normalized spacial score (nSPS) is 19.3. The summed E-state index contributed by atoms with van der Waals surface area (Å²) in [5.74, 6) is -3.03. The van der Waals surface area contributed by atoms with Crippen molar-refractivity contribution >= 4 is 17.3 Å². The van der Waals surface area contributed by atoms with Crippen molar-refractivity contribution in [3.05, 3.63) is 63.7 Å². The van der Waals surface area contributed by atoms with Gasteiger partial charge < -0.3 is 24.7 Å². The third kappa shape index (κ3) is 5.56. The zero-order valence-corrected chi connectivity index (χ0v) is 22.2. The molecule has 2 aliphatic rings. The van der Waals surface area contributed by atoms with Crippen molar-refractivity contribution in [2.75, 3.05) is 43.6 Å². The van der Waals surface area contributed by atoms with Gasteiger partial charge in [-0.15, -0.1) is 0 Å². The molecule has 5 rings (SSSR count). The van der Waals surface area contributed by atoms with E-state index in [1.165, 1.54) is 12.3 Å². The van der Waals surface area contributed by atoms with E-state index in [-0.39, 0.29) is 48.2 Å². The van der Waals surface area contributed by atoms with E-state index >= 15 is 8.78 Å². The van der Waals surface area contributed by atoms with Crippen LogP contribution in [0.3, 0.4) is 0 Å². The average molecular weight is 580 g/mol. The molecule has 2 atom stereocenters. The lowest BCUT2D eigenvalue weighted by atomic mass is 10.0. The number of pyridine rings is 2. The summed E-state index contributed by atoms with van der Waals surface area (Å²) in [6.07, 6.45) is -3.72. The first kappa shape index (κ1) is 28.3. The Bertz CT molecular complexity index is 1550. The molecule has 4 heterocycles. The maximum Gasteiger partial charge on any atom is 0.416 e. The van der Waals surface area contributed by atoms with Crippen LogP contribution in [0.1, 0.15) is 29.9 Å². The van der Waals surface area contributed by atoms with E-state index in [1.807, 2.05) is 25.9 Å². The topological polar surface area (TPSA) is 99.8 Å². The molecule has 0 spiro atoms. The minimum Gasteiger partial charge on any atom is -0.484 e. The number of benzene rings is 1. The predicted octanol–water partition coefficient (Wildman–Crippen LogP) is 4.29. The van der Waals surface area contributed by atoms with Crippen molar-refractivity contribution in [1.29, 1.82) is 0 Å². The number of aromatic amines is 1. The Hall–Kier alpha value is -4.20. The number of hydrogen-bond donors (Lipinski definition) is 2. The SMILES string of the molecule is C[C@@H]1CN(c2cc(F)c(-c3cnc4c(c3)OCCO4)c(F)c2NC(=O)c2cc(C(F)(F)F)cc(=O)[nH]2)C[C@H](C)N1C. The highest BCUT2D eigenvalue weighted by molar-refractivity contribution is 6.05. The number of hydrogen-bond acceptors (Lipinski definition) is 7. The number of nitrogens with one attached hydrogen (secondary N) is 2. The minimum absolute atomic E-state index is 0.0104. The Morgan fingerprint density at radius 1 is 1.07 bits per heavy atom. The van der Waals surface area contributed by atoms with Crippen LogP contribution in [0, 0.1) is 11.6 Å². The van der Waals surface area contributed by atoms with E-state index < -0.39 is 51.8 Å². The zero-order chi connectivity index (χ0) is 29.6. The second-order valence-electron chi connectivity index (χ2n) is 10.0. The molecule has 1 aromatic carbocycles. The number of ether oxygens (including phenoxy) is 2. The predicted molar refractivity (Wildman–Crippen MR) is 139 cm³/mol. The van der Waals surface area contributed by atoms with Gasteiger partial charge in [-0.3, -0.25) is 14.5 Å². The molecule has 14 heteroatoms. The van der Waals surface area contributed by atoms with Crippen LogP contribution < -0.4 is 25.2 Å². The van der Waals surface area contributed by atoms with Crippen LogP contribution in [0.4, 0.5) is 33.3 Å². The fraction of sp³-hybridized carbons (Fsp3) is 0.370. The van der Waals surface area contributed by atoms with Gasteiger partial charge in [0, 0.05) is 49.1 Å². The van der Waals surface area contributed by atoms with Crippen LogP contribution in [0.15, 0.2) is 35.3 Å². The Morgan fingerprint density at radius 3 is 2.44 bits per heavy atom. The maximum atomic E-state index is 16.3. The number of alkyl halides is 3. The van der Waals surface area contributed by atoms with E-state index in [0.29, 0.717) is 25.2 Å². The molecular weight excluding hydrogens is 553 g/mol. The molecule has 1 amide bonds.